The van der Waals surface area contributed by atoms with Crippen molar-refractivity contribution in [3.8, 4) is 5.75 Å². The highest BCUT2D eigenvalue weighted by Crippen LogP contribution is 2.53. The van der Waals surface area contributed by atoms with Gasteiger partial charge in [0.25, 0.3) is 0 Å². The Bertz CT molecular complexity index is 773. The van der Waals surface area contributed by atoms with Crippen LogP contribution in [0.4, 0.5) is 5.69 Å². The summed E-state index contributed by atoms with van der Waals surface area (Å²) in [5, 5.41) is 0. The van der Waals surface area contributed by atoms with E-state index in [-0.39, 0.29) is 23.9 Å². The topological polar surface area (TPSA) is 65.1 Å². The fraction of sp³-hybridized carbons (Fsp3) is 0.500. The Morgan fingerprint density at radius 2 is 2.15 bits per heavy atom. The molecule has 6 heteroatoms. The molecule has 0 radical (unpaired) electrons. The first-order valence-electron chi connectivity index (χ1n) is 8.95. The summed E-state index contributed by atoms with van der Waals surface area (Å²) >= 11 is 0. The van der Waals surface area contributed by atoms with Crippen molar-refractivity contribution in [2.24, 2.45) is 17.8 Å². The number of hydrogen-bond donors (Lipinski definition) is 0. The van der Waals surface area contributed by atoms with E-state index in [1.807, 2.05) is 50.3 Å². The second-order valence-corrected chi connectivity index (χ2v) is 7.52. The van der Waals surface area contributed by atoms with Crippen LogP contribution in [0.2, 0.25) is 0 Å². The number of fused-ring (bicyclic) bond motifs is 1. The first-order chi connectivity index (χ1) is 12.5. The van der Waals surface area contributed by atoms with Gasteiger partial charge in [0.15, 0.2) is 0 Å². The van der Waals surface area contributed by atoms with E-state index in [1.165, 1.54) is 0 Å². The third-order valence-corrected chi connectivity index (χ3v) is 5.31. The molecule has 4 atom stereocenters. The molecule has 3 heterocycles. The number of anilines is 1. The molecule has 2 bridgehead atoms. The Morgan fingerprint density at radius 3 is 2.88 bits per heavy atom. The second-order valence-electron chi connectivity index (χ2n) is 7.52. The van der Waals surface area contributed by atoms with Crippen molar-refractivity contribution in [2.45, 2.75) is 25.6 Å². The third kappa shape index (κ3) is 2.43. The number of para-hydroxylation sites is 2. The highest BCUT2D eigenvalue weighted by atomic mass is 16.6. The van der Waals surface area contributed by atoms with E-state index in [0.29, 0.717) is 24.6 Å². The number of hydrogen-bond acceptors (Lipinski definition) is 5. The number of ether oxygens (including phenoxy) is 3. The highest BCUT2D eigenvalue weighted by molar-refractivity contribution is 6.03. The maximum Gasteiger partial charge on any atom is 0.312 e. The number of carbonyl (C=O) groups is 2. The molecule has 0 N–H and O–H groups in total. The highest BCUT2D eigenvalue weighted by Gasteiger charge is 2.67. The Hall–Kier alpha value is -2.34. The van der Waals surface area contributed by atoms with Gasteiger partial charge < -0.3 is 19.1 Å². The van der Waals surface area contributed by atoms with Gasteiger partial charge in [0.2, 0.25) is 5.91 Å². The summed E-state index contributed by atoms with van der Waals surface area (Å²) in [5.74, 6) is -0.752. The minimum Gasteiger partial charge on any atom is -0.495 e. The number of carbonyl (C=O) groups excluding carboxylic acids is 2. The molecule has 6 nitrogen and oxygen atoms in total. The lowest BCUT2D eigenvalue weighted by Crippen LogP contribution is -2.40. The van der Waals surface area contributed by atoms with Gasteiger partial charge in [0, 0.05) is 0 Å². The van der Waals surface area contributed by atoms with E-state index >= 15 is 0 Å². The summed E-state index contributed by atoms with van der Waals surface area (Å²) in [4.78, 5) is 27.6. The zero-order valence-corrected chi connectivity index (χ0v) is 15.2. The normalized spacial score (nSPS) is 31.6. The summed E-state index contributed by atoms with van der Waals surface area (Å²) in [5.41, 5.74) is -0.0667. The van der Waals surface area contributed by atoms with Crippen LogP contribution in [-0.2, 0) is 19.1 Å². The molecule has 0 aromatic heterocycles. The maximum absolute atomic E-state index is 13.2. The van der Waals surface area contributed by atoms with Gasteiger partial charge in [-0.15, -0.1) is 0 Å². The number of esters is 1. The molecule has 1 aromatic carbocycles. The zero-order chi connectivity index (χ0) is 18.5. The number of nitrogens with zero attached hydrogens (tertiary/aromatic N) is 1. The minimum atomic E-state index is -0.760. The molecular weight excluding hydrogens is 334 g/mol. The summed E-state index contributed by atoms with van der Waals surface area (Å²) in [7, 11) is 1.58. The standard InChI is InChI=1S/C20H23NO5/c1-12(2)10-25-19(23)16-15-8-9-20(26-15)11-21(18(22)17(16)20)13-6-4-5-7-14(13)24-3/h4-9,12,15-17H,10-11H2,1-3H3/t15-,16+,17-,20-/m1/s1. The molecule has 2 fully saturated rings. The van der Waals surface area contributed by atoms with Crippen LogP contribution >= 0.6 is 0 Å². The van der Waals surface area contributed by atoms with Crippen molar-refractivity contribution in [2.75, 3.05) is 25.2 Å². The predicted octanol–water partition coefficient (Wildman–Crippen LogP) is 2.18. The van der Waals surface area contributed by atoms with E-state index in [0.717, 1.165) is 0 Å². The smallest absolute Gasteiger partial charge is 0.312 e. The van der Waals surface area contributed by atoms with Gasteiger partial charge in [0.1, 0.15) is 17.3 Å². The molecule has 1 aromatic rings. The molecular formula is C20H23NO5. The molecule has 3 aliphatic rings. The van der Waals surface area contributed by atoms with Crippen LogP contribution in [0.5, 0.6) is 5.75 Å². The fourth-order valence-electron chi connectivity index (χ4n) is 4.17. The van der Waals surface area contributed by atoms with E-state index < -0.39 is 17.4 Å². The molecule has 4 rings (SSSR count). The van der Waals surface area contributed by atoms with E-state index in [4.69, 9.17) is 14.2 Å². The van der Waals surface area contributed by atoms with Crippen molar-refractivity contribution in [3.63, 3.8) is 0 Å². The van der Waals surface area contributed by atoms with Crippen LogP contribution in [0.3, 0.4) is 0 Å². The van der Waals surface area contributed by atoms with Crippen molar-refractivity contribution < 1.29 is 23.8 Å². The third-order valence-electron chi connectivity index (χ3n) is 5.31. The lowest BCUT2D eigenvalue weighted by Gasteiger charge is -2.23. The molecule has 0 unspecified atom stereocenters. The molecule has 1 amide bonds. The molecule has 3 aliphatic heterocycles. The van der Waals surface area contributed by atoms with E-state index in [1.54, 1.807) is 12.0 Å². The van der Waals surface area contributed by atoms with Crippen LogP contribution in [0, 0.1) is 17.8 Å². The monoisotopic (exact) mass is 357 g/mol. The van der Waals surface area contributed by atoms with Gasteiger partial charge in [-0.1, -0.05) is 38.1 Å². The average Bonchev–Trinajstić information content (AvgIpc) is 3.28. The number of rotatable bonds is 5. The lowest BCUT2D eigenvalue weighted by atomic mass is 9.77. The largest absolute Gasteiger partial charge is 0.495 e. The van der Waals surface area contributed by atoms with Crippen LogP contribution in [0.15, 0.2) is 36.4 Å². The molecule has 26 heavy (non-hydrogen) atoms. The maximum atomic E-state index is 13.2. The van der Waals surface area contributed by atoms with E-state index in [2.05, 4.69) is 0 Å². The van der Waals surface area contributed by atoms with Gasteiger partial charge in [-0.05, 0) is 18.1 Å². The zero-order valence-electron chi connectivity index (χ0n) is 15.2. The predicted molar refractivity (Wildman–Crippen MR) is 94.9 cm³/mol. The molecule has 138 valence electrons. The van der Waals surface area contributed by atoms with Crippen molar-refractivity contribution in [1.29, 1.82) is 0 Å². The van der Waals surface area contributed by atoms with Gasteiger partial charge in [0.05, 0.1) is 38.0 Å². The SMILES string of the molecule is COc1ccccc1N1C[C@@]23C=C[C@@H](O2)[C@H](C(=O)OCC(C)C)[C@@H]3C1=O. The summed E-state index contributed by atoms with van der Waals surface area (Å²) in [6.07, 6.45) is 3.43. The van der Waals surface area contributed by atoms with E-state index in [9.17, 15) is 9.59 Å². The van der Waals surface area contributed by atoms with Gasteiger partial charge in [-0.2, -0.15) is 0 Å². The first-order valence-corrected chi connectivity index (χ1v) is 8.95. The summed E-state index contributed by atoms with van der Waals surface area (Å²) in [6.45, 7) is 4.68. The molecule has 2 saturated heterocycles. The number of amides is 1. The second kappa shape index (κ2) is 6.13. The number of benzene rings is 1. The van der Waals surface area contributed by atoms with Gasteiger partial charge in [-0.25, -0.2) is 0 Å². The average molecular weight is 357 g/mol. The quantitative estimate of drug-likeness (QED) is 0.597. The Kier molecular flexibility index (Phi) is 4.03. The number of methoxy groups -OCH3 is 1. The summed E-state index contributed by atoms with van der Waals surface area (Å²) < 4.78 is 16.9. The first kappa shape index (κ1) is 17.1. The Labute approximate surface area is 152 Å². The van der Waals surface area contributed by atoms with Crippen LogP contribution in [-0.4, -0.2) is 43.8 Å². The fourth-order valence-corrected chi connectivity index (χ4v) is 4.17. The van der Waals surface area contributed by atoms with Crippen LogP contribution < -0.4 is 9.64 Å². The summed E-state index contributed by atoms with van der Waals surface area (Å²) in [6, 6.07) is 7.38. The molecule has 0 saturated carbocycles. The van der Waals surface area contributed by atoms with Crippen LogP contribution in [0.25, 0.3) is 0 Å². The van der Waals surface area contributed by atoms with Crippen LogP contribution in [0.1, 0.15) is 13.8 Å². The minimum absolute atomic E-state index is 0.118. The molecule has 1 spiro atoms. The van der Waals surface area contributed by atoms with Gasteiger partial charge in [-0.3, -0.25) is 9.59 Å². The Balaban J connectivity index is 1.64. The van der Waals surface area contributed by atoms with Crippen molar-refractivity contribution >= 4 is 17.6 Å². The molecule has 0 aliphatic carbocycles. The van der Waals surface area contributed by atoms with Crippen molar-refractivity contribution in [3.05, 3.63) is 36.4 Å². The van der Waals surface area contributed by atoms with Crippen molar-refractivity contribution in [1.82, 2.24) is 0 Å². The Morgan fingerprint density at radius 1 is 1.38 bits per heavy atom. The van der Waals surface area contributed by atoms with Gasteiger partial charge >= 0.3 is 5.97 Å². The lowest BCUT2D eigenvalue weighted by molar-refractivity contribution is -0.153.